The summed E-state index contributed by atoms with van der Waals surface area (Å²) < 4.78 is 0. The lowest BCUT2D eigenvalue weighted by Gasteiger charge is -2.30. The van der Waals surface area contributed by atoms with Crippen molar-refractivity contribution in [2.24, 2.45) is 0 Å². The SMILES string of the molecule is CNC(=O)C(C)N(C)C(=O)[C@@H]1CCC(=O)N1CCc1ccccc1. The molecule has 2 atom stereocenters. The monoisotopic (exact) mass is 331 g/mol. The summed E-state index contributed by atoms with van der Waals surface area (Å²) in [6.45, 7) is 2.20. The molecule has 24 heavy (non-hydrogen) atoms. The second-order valence-corrected chi connectivity index (χ2v) is 6.12. The maximum Gasteiger partial charge on any atom is 0.245 e. The molecule has 1 aromatic carbocycles. The standard InChI is InChI=1S/C18H25N3O3/c1-13(17(23)19-2)20(3)18(24)15-9-10-16(22)21(15)12-11-14-7-5-4-6-8-14/h4-8,13,15H,9-12H2,1-3H3,(H,19,23)/t13?,15-/m0/s1. The summed E-state index contributed by atoms with van der Waals surface area (Å²) in [6, 6.07) is 8.86. The molecule has 1 saturated heterocycles. The fourth-order valence-electron chi connectivity index (χ4n) is 2.98. The Balaban J connectivity index is 2.03. The Hall–Kier alpha value is -2.37. The normalized spacial score (nSPS) is 18.4. The molecule has 130 valence electrons. The molecule has 6 heteroatoms. The third-order valence-corrected chi connectivity index (χ3v) is 4.65. The van der Waals surface area contributed by atoms with E-state index in [0.717, 1.165) is 5.56 Å². The van der Waals surface area contributed by atoms with Gasteiger partial charge >= 0.3 is 0 Å². The number of carbonyl (C=O) groups is 3. The van der Waals surface area contributed by atoms with Gasteiger partial charge in [0.25, 0.3) is 0 Å². The predicted octanol–water partition coefficient (Wildman–Crippen LogP) is 0.813. The average Bonchev–Trinajstić information content (AvgIpc) is 2.98. The number of hydrogen-bond donors (Lipinski definition) is 1. The van der Waals surface area contributed by atoms with Crippen molar-refractivity contribution in [1.82, 2.24) is 15.1 Å². The fraction of sp³-hybridized carbons (Fsp3) is 0.500. The lowest BCUT2D eigenvalue weighted by Crippen LogP contribution is -2.52. The average molecular weight is 331 g/mol. The summed E-state index contributed by atoms with van der Waals surface area (Å²) in [4.78, 5) is 39.7. The first kappa shape index (κ1) is 18.0. The van der Waals surface area contributed by atoms with Crippen LogP contribution in [-0.4, -0.2) is 60.2 Å². The zero-order valence-corrected chi connectivity index (χ0v) is 14.5. The van der Waals surface area contributed by atoms with Crippen LogP contribution in [0.15, 0.2) is 30.3 Å². The maximum absolute atomic E-state index is 12.7. The highest BCUT2D eigenvalue weighted by Gasteiger charge is 2.38. The zero-order chi connectivity index (χ0) is 17.7. The van der Waals surface area contributed by atoms with E-state index in [4.69, 9.17) is 0 Å². The van der Waals surface area contributed by atoms with E-state index in [2.05, 4.69) is 5.32 Å². The van der Waals surface area contributed by atoms with Crippen molar-refractivity contribution in [2.75, 3.05) is 20.6 Å². The van der Waals surface area contributed by atoms with Crippen LogP contribution in [0.25, 0.3) is 0 Å². The van der Waals surface area contributed by atoms with Gasteiger partial charge in [0.2, 0.25) is 17.7 Å². The van der Waals surface area contributed by atoms with Crippen LogP contribution in [0.4, 0.5) is 0 Å². The number of carbonyl (C=O) groups excluding carboxylic acids is 3. The van der Waals surface area contributed by atoms with Gasteiger partial charge in [0.1, 0.15) is 12.1 Å². The lowest BCUT2D eigenvalue weighted by atomic mass is 10.1. The number of amides is 3. The minimum atomic E-state index is -0.561. The molecule has 1 unspecified atom stereocenters. The van der Waals surface area contributed by atoms with E-state index in [1.54, 1.807) is 25.9 Å². The van der Waals surface area contributed by atoms with Gasteiger partial charge in [0.15, 0.2) is 0 Å². The number of nitrogens with one attached hydrogen (secondary N) is 1. The minimum Gasteiger partial charge on any atom is -0.357 e. The maximum atomic E-state index is 12.7. The molecular weight excluding hydrogens is 306 g/mol. The molecule has 1 N–H and O–H groups in total. The Bertz CT molecular complexity index is 603. The van der Waals surface area contributed by atoms with Crippen LogP contribution in [0.3, 0.4) is 0 Å². The molecule has 6 nitrogen and oxygen atoms in total. The molecule has 1 aromatic rings. The topological polar surface area (TPSA) is 69.7 Å². The number of benzene rings is 1. The molecule has 1 fully saturated rings. The van der Waals surface area contributed by atoms with Crippen molar-refractivity contribution < 1.29 is 14.4 Å². The van der Waals surface area contributed by atoms with Gasteiger partial charge in [-0.2, -0.15) is 0 Å². The van der Waals surface area contributed by atoms with Crippen LogP contribution in [0.5, 0.6) is 0 Å². The van der Waals surface area contributed by atoms with Gasteiger partial charge < -0.3 is 15.1 Å². The highest BCUT2D eigenvalue weighted by atomic mass is 16.2. The smallest absolute Gasteiger partial charge is 0.245 e. The van der Waals surface area contributed by atoms with Crippen molar-refractivity contribution in [3.05, 3.63) is 35.9 Å². The van der Waals surface area contributed by atoms with Crippen LogP contribution in [0.2, 0.25) is 0 Å². The van der Waals surface area contributed by atoms with Crippen molar-refractivity contribution >= 4 is 17.7 Å². The quantitative estimate of drug-likeness (QED) is 0.839. The van der Waals surface area contributed by atoms with Crippen LogP contribution < -0.4 is 5.32 Å². The molecule has 0 saturated carbocycles. The molecule has 0 bridgehead atoms. The summed E-state index contributed by atoms with van der Waals surface area (Å²) in [7, 11) is 3.16. The number of likely N-dealkylation sites (N-methyl/N-ethyl adjacent to an activating group) is 2. The summed E-state index contributed by atoms with van der Waals surface area (Å²) in [6.07, 6.45) is 1.61. The van der Waals surface area contributed by atoms with E-state index in [-0.39, 0.29) is 17.7 Å². The Morgan fingerprint density at radius 2 is 2.00 bits per heavy atom. The Morgan fingerprint density at radius 3 is 2.62 bits per heavy atom. The lowest BCUT2D eigenvalue weighted by molar-refractivity contribution is -0.144. The van der Waals surface area contributed by atoms with Gasteiger partial charge in [-0.05, 0) is 25.3 Å². The van der Waals surface area contributed by atoms with Gasteiger partial charge in [-0.15, -0.1) is 0 Å². The Morgan fingerprint density at radius 1 is 1.33 bits per heavy atom. The Labute approximate surface area is 142 Å². The first-order chi connectivity index (χ1) is 11.5. The summed E-state index contributed by atoms with van der Waals surface area (Å²) in [5.74, 6) is -0.388. The molecule has 0 aliphatic carbocycles. The zero-order valence-electron chi connectivity index (χ0n) is 14.5. The molecule has 2 rings (SSSR count). The first-order valence-corrected chi connectivity index (χ1v) is 8.27. The van der Waals surface area contributed by atoms with Gasteiger partial charge in [-0.3, -0.25) is 14.4 Å². The van der Waals surface area contributed by atoms with Crippen LogP contribution in [0.1, 0.15) is 25.3 Å². The van der Waals surface area contributed by atoms with E-state index in [1.165, 1.54) is 4.90 Å². The van der Waals surface area contributed by atoms with Crippen LogP contribution in [-0.2, 0) is 20.8 Å². The highest BCUT2D eigenvalue weighted by Crippen LogP contribution is 2.21. The largest absolute Gasteiger partial charge is 0.357 e. The summed E-state index contributed by atoms with van der Waals surface area (Å²) in [5, 5.41) is 2.54. The van der Waals surface area contributed by atoms with Crippen molar-refractivity contribution in [1.29, 1.82) is 0 Å². The molecular formula is C18H25N3O3. The molecule has 3 amide bonds. The summed E-state index contributed by atoms with van der Waals surface area (Å²) in [5.41, 5.74) is 1.13. The van der Waals surface area contributed by atoms with E-state index >= 15 is 0 Å². The second-order valence-electron chi connectivity index (χ2n) is 6.12. The fourth-order valence-corrected chi connectivity index (χ4v) is 2.98. The molecule has 0 spiro atoms. The number of nitrogens with zero attached hydrogens (tertiary/aromatic N) is 2. The Kier molecular flexibility index (Phi) is 5.95. The molecule has 0 radical (unpaired) electrons. The van der Waals surface area contributed by atoms with E-state index < -0.39 is 12.1 Å². The first-order valence-electron chi connectivity index (χ1n) is 8.27. The van der Waals surface area contributed by atoms with Gasteiger partial charge in [0, 0.05) is 27.1 Å². The third-order valence-electron chi connectivity index (χ3n) is 4.65. The van der Waals surface area contributed by atoms with Crippen LogP contribution >= 0.6 is 0 Å². The third kappa shape index (κ3) is 3.93. The second kappa shape index (κ2) is 7.95. The van der Waals surface area contributed by atoms with Crippen molar-refractivity contribution in [2.45, 2.75) is 38.3 Å². The van der Waals surface area contributed by atoms with Gasteiger partial charge in [-0.1, -0.05) is 30.3 Å². The van der Waals surface area contributed by atoms with E-state index in [9.17, 15) is 14.4 Å². The molecule has 0 aromatic heterocycles. The minimum absolute atomic E-state index is 0.00489. The van der Waals surface area contributed by atoms with Gasteiger partial charge in [0.05, 0.1) is 0 Å². The van der Waals surface area contributed by atoms with Crippen molar-refractivity contribution in [3.8, 4) is 0 Å². The molecule has 1 aliphatic rings. The van der Waals surface area contributed by atoms with E-state index in [1.807, 2.05) is 30.3 Å². The molecule has 1 aliphatic heterocycles. The predicted molar refractivity (Wildman–Crippen MR) is 91.2 cm³/mol. The van der Waals surface area contributed by atoms with Crippen molar-refractivity contribution in [3.63, 3.8) is 0 Å². The number of hydrogen-bond acceptors (Lipinski definition) is 3. The highest BCUT2D eigenvalue weighted by molar-refractivity contribution is 5.93. The molecule has 1 heterocycles. The van der Waals surface area contributed by atoms with Gasteiger partial charge in [-0.25, -0.2) is 0 Å². The summed E-state index contributed by atoms with van der Waals surface area (Å²) >= 11 is 0. The van der Waals surface area contributed by atoms with E-state index in [0.29, 0.717) is 25.8 Å². The number of likely N-dealkylation sites (tertiary alicyclic amines) is 1. The van der Waals surface area contributed by atoms with Crippen LogP contribution in [0, 0.1) is 0 Å². The number of rotatable bonds is 6.